The molecule has 0 amide bonds. The Hall–Kier alpha value is -1.91. The van der Waals surface area contributed by atoms with Crippen LogP contribution in [-0.2, 0) is 6.54 Å². The van der Waals surface area contributed by atoms with Crippen molar-refractivity contribution < 1.29 is 0 Å². The smallest absolute Gasteiger partial charge is 0.0837 e. The Morgan fingerprint density at radius 2 is 2.19 bits per heavy atom. The third-order valence-electron chi connectivity index (χ3n) is 3.55. The second-order valence-electron chi connectivity index (χ2n) is 5.03. The van der Waals surface area contributed by atoms with E-state index in [1.807, 2.05) is 28.9 Å². The summed E-state index contributed by atoms with van der Waals surface area (Å²) in [5.74, 6) is 0. The van der Waals surface area contributed by atoms with Gasteiger partial charge in [-0.2, -0.15) is 5.10 Å². The highest BCUT2D eigenvalue weighted by Gasteiger charge is 2.18. The molecule has 108 valence electrons. The summed E-state index contributed by atoms with van der Waals surface area (Å²) in [5, 5.41) is 5.99. The minimum absolute atomic E-state index is 0.295. The normalized spacial score (nSPS) is 12.7. The molecule has 0 spiro atoms. The molecule has 1 atom stereocenters. The average molecular weight is 301 g/mol. The number of rotatable bonds is 4. The molecular weight excluding hydrogens is 284 g/mol. The van der Waals surface area contributed by atoms with E-state index in [4.69, 9.17) is 17.3 Å². The maximum Gasteiger partial charge on any atom is 0.0837 e. The van der Waals surface area contributed by atoms with E-state index in [-0.39, 0.29) is 6.04 Å². The lowest BCUT2D eigenvalue weighted by atomic mass is 10.0. The van der Waals surface area contributed by atoms with Crippen LogP contribution in [0.1, 0.15) is 30.6 Å². The number of aromatic nitrogens is 3. The minimum atomic E-state index is -0.295. The van der Waals surface area contributed by atoms with E-state index in [1.165, 1.54) is 0 Å². The van der Waals surface area contributed by atoms with Crippen LogP contribution in [0.25, 0.3) is 10.9 Å². The zero-order valence-electron chi connectivity index (χ0n) is 11.8. The van der Waals surface area contributed by atoms with Gasteiger partial charge in [0.2, 0.25) is 0 Å². The van der Waals surface area contributed by atoms with Crippen LogP contribution in [-0.4, -0.2) is 14.8 Å². The summed E-state index contributed by atoms with van der Waals surface area (Å²) in [6.45, 7) is 2.91. The highest BCUT2D eigenvalue weighted by Crippen LogP contribution is 2.28. The second kappa shape index (κ2) is 5.84. The highest BCUT2D eigenvalue weighted by molar-refractivity contribution is 6.31. The van der Waals surface area contributed by atoms with E-state index in [2.05, 4.69) is 23.1 Å². The van der Waals surface area contributed by atoms with E-state index in [0.717, 1.165) is 35.1 Å². The molecule has 0 bridgehead atoms. The number of aryl methyl sites for hydroxylation is 1. The van der Waals surface area contributed by atoms with E-state index in [1.54, 1.807) is 12.4 Å². The van der Waals surface area contributed by atoms with Crippen molar-refractivity contribution in [3.05, 3.63) is 59.0 Å². The highest BCUT2D eigenvalue weighted by atomic mass is 35.5. The lowest BCUT2D eigenvalue weighted by Gasteiger charge is -2.15. The number of hydrogen-bond acceptors (Lipinski definition) is 3. The van der Waals surface area contributed by atoms with Crippen molar-refractivity contribution in [2.75, 3.05) is 0 Å². The Morgan fingerprint density at radius 1 is 1.33 bits per heavy atom. The molecule has 21 heavy (non-hydrogen) atoms. The predicted octanol–water partition coefficient (Wildman–Crippen LogP) is 3.54. The third-order valence-corrected chi connectivity index (χ3v) is 3.84. The van der Waals surface area contributed by atoms with Crippen LogP contribution in [0.5, 0.6) is 0 Å². The van der Waals surface area contributed by atoms with Crippen LogP contribution in [0.3, 0.4) is 0 Å². The van der Waals surface area contributed by atoms with Crippen molar-refractivity contribution in [2.45, 2.75) is 25.9 Å². The summed E-state index contributed by atoms with van der Waals surface area (Å²) in [5.41, 5.74) is 9.25. The molecule has 0 fully saturated rings. The number of hydrogen-bond donors (Lipinski definition) is 1. The summed E-state index contributed by atoms with van der Waals surface area (Å²) in [6.07, 6.45) is 4.43. The fourth-order valence-electron chi connectivity index (χ4n) is 2.52. The van der Waals surface area contributed by atoms with Crippen molar-refractivity contribution >= 4 is 22.5 Å². The van der Waals surface area contributed by atoms with Crippen LogP contribution >= 0.6 is 11.6 Å². The first-order chi connectivity index (χ1) is 10.2. The van der Waals surface area contributed by atoms with Gasteiger partial charge in [0.1, 0.15) is 0 Å². The maximum atomic E-state index is 6.42. The van der Waals surface area contributed by atoms with Crippen molar-refractivity contribution in [3.63, 3.8) is 0 Å². The maximum absolute atomic E-state index is 6.42. The predicted molar refractivity (Wildman–Crippen MR) is 85.3 cm³/mol. The summed E-state index contributed by atoms with van der Waals surface area (Å²) < 4.78 is 1.89. The molecule has 3 rings (SSSR count). The van der Waals surface area contributed by atoms with Gasteiger partial charge < -0.3 is 5.73 Å². The van der Waals surface area contributed by atoms with Gasteiger partial charge in [0, 0.05) is 18.1 Å². The quantitative estimate of drug-likeness (QED) is 0.801. The minimum Gasteiger partial charge on any atom is -0.319 e. The molecule has 0 radical (unpaired) electrons. The molecule has 0 saturated heterocycles. The molecular formula is C16H17ClN4. The summed E-state index contributed by atoms with van der Waals surface area (Å²) in [6, 6.07) is 9.71. The molecule has 0 aliphatic carbocycles. The Bertz CT molecular complexity index is 766. The number of nitrogens with two attached hydrogens (primary N) is 1. The number of halogens is 1. The van der Waals surface area contributed by atoms with Gasteiger partial charge in [-0.15, -0.1) is 0 Å². The number of benzene rings is 1. The number of pyridine rings is 1. The Morgan fingerprint density at radius 3 is 3.00 bits per heavy atom. The molecule has 0 aliphatic heterocycles. The number of nitrogens with zero attached hydrogens (tertiary/aromatic N) is 3. The molecule has 3 aromatic rings. The van der Waals surface area contributed by atoms with Gasteiger partial charge in [0.15, 0.2) is 0 Å². The zero-order valence-corrected chi connectivity index (χ0v) is 12.6. The molecule has 1 aromatic carbocycles. The summed E-state index contributed by atoms with van der Waals surface area (Å²) in [7, 11) is 0. The third kappa shape index (κ3) is 2.64. The second-order valence-corrected chi connectivity index (χ2v) is 5.44. The first-order valence-corrected chi connectivity index (χ1v) is 7.40. The van der Waals surface area contributed by atoms with Crippen molar-refractivity contribution in [1.29, 1.82) is 0 Å². The van der Waals surface area contributed by atoms with Gasteiger partial charge >= 0.3 is 0 Å². The fraction of sp³-hybridized carbons (Fsp3) is 0.250. The van der Waals surface area contributed by atoms with Crippen LogP contribution in [0.4, 0.5) is 0 Å². The van der Waals surface area contributed by atoms with Crippen molar-refractivity contribution in [3.8, 4) is 0 Å². The van der Waals surface area contributed by atoms with Crippen LogP contribution in [0.2, 0.25) is 5.02 Å². The van der Waals surface area contributed by atoms with E-state index in [9.17, 15) is 0 Å². The van der Waals surface area contributed by atoms with Crippen LogP contribution in [0, 0.1) is 0 Å². The van der Waals surface area contributed by atoms with E-state index < -0.39 is 0 Å². The lowest BCUT2D eigenvalue weighted by molar-refractivity contribution is 0.560. The lowest BCUT2D eigenvalue weighted by Crippen LogP contribution is -2.18. The SMILES string of the molecule is CCCn1ncc(Cl)c1C(N)c1ccc2ncccc2c1. The summed E-state index contributed by atoms with van der Waals surface area (Å²) in [4.78, 5) is 4.32. The number of fused-ring (bicyclic) bond motifs is 1. The first kappa shape index (κ1) is 14.0. The van der Waals surface area contributed by atoms with Crippen molar-refractivity contribution in [2.24, 2.45) is 5.73 Å². The molecule has 4 nitrogen and oxygen atoms in total. The van der Waals surface area contributed by atoms with Gasteiger partial charge in [-0.3, -0.25) is 9.67 Å². The van der Waals surface area contributed by atoms with Crippen LogP contribution in [0.15, 0.2) is 42.7 Å². The van der Waals surface area contributed by atoms with Gasteiger partial charge in [-0.05, 0) is 30.2 Å². The molecule has 2 N–H and O–H groups in total. The van der Waals surface area contributed by atoms with Crippen LogP contribution < -0.4 is 5.73 Å². The van der Waals surface area contributed by atoms with E-state index >= 15 is 0 Å². The van der Waals surface area contributed by atoms with Crippen molar-refractivity contribution in [1.82, 2.24) is 14.8 Å². The molecule has 2 heterocycles. The Balaban J connectivity index is 2.03. The first-order valence-electron chi connectivity index (χ1n) is 7.02. The van der Waals surface area contributed by atoms with Gasteiger partial charge in [-0.1, -0.05) is 30.7 Å². The average Bonchev–Trinajstić information content (AvgIpc) is 2.87. The Labute approximate surface area is 128 Å². The Kier molecular flexibility index (Phi) is 3.90. The van der Waals surface area contributed by atoms with Gasteiger partial charge in [0.05, 0.1) is 28.5 Å². The van der Waals surface area contributed by atoms with Gasteiger partial charge in [-0.25, -0.2) is 0 Å². The molecule has 2 aromatic heterocycles. The zero-order chi connectivity index (χ0) is 14.8. The fourth-order valence-corrected chi connectivity index (χ4v) is 2.78. The largest absolute Gasteiger partial charge is 0.319 e. The molecule has 5 heteroatoms. The monoisotopic (exact) mass is 300 g/mol. The van der Waals surface area contributed by atoms with Gasteiger partial charge in [0.25, 0.3) is 0 Å². The molecule has 1 unspecified atom stereocenters. The molecule has 0 saturated carbocycles. The van der Waals surface area contributed by atoms with E-state index in [0.29, 0.717) is 5.02 Å². The topological polar surface area (TPSA) is 56.7 Å². The molecule has 0 aliphatic rings. The summed E-state index contributed by atoms with van der Waals surface area (Å²) >= 11 is 6.27. The standard InChI is InChI=1S/C16H17ClN4/c1-2-8-21-16(13(17)10-20-21)15(18)12-5-6-14-11(9-12)4-3-7-19-14/h3-7,9-10,15H,2,8,18H2,1H3.